The number of hydrogen-bond donors (Lipinski definition) is 3. The highest BCUT2D eigenvalue weighted by Gasteiger charge is 2.62. The molecule has 1 saturated carbocycles. The van der Waals surface area contributed by atoms with Gasteiger partial charge in [0.1, 0.15) is 11.1 Å². The summed E-state index contributed by atoms with van der Waals surface area (Å²) >= 11 is 0. The highest BCUT2D eigenvalue weighted by atomic mass is 32.2. The Morgan fingerprint density at radius 1 is 1.20 bits per heavy atom. The molecule has 10 heteroatoms. The molecule has 1 aliphatic heterocycles. The van der Waals surface area contributed by atoms with Crippen LogP contribution in [0, 0.1) is 0 Å². The third-order valence-corrected chi connectivity index (χ3v) is 6.80. The second-order valence-electron chi connectivity index (χ2n) is 8.43. The van der Waals surface area contributed by atoms with Gasteiger partial charge in [-0.15, -0.1) is 0 Å². The van der Waals surface area contributed by atoms with Gasteiger partial charge in [-0.2, -0.15) is 0 Å². The summed E-state index contributed by atoms with van der Waals surface area (Å²) in [5, 5.41) is 5.41. The van der Waals surface area contributed by atoms with E-state index in [4.69, 9.17) is 10.5 Å². The van der Waals surface area contributed by atoms with E-state index in [1.54, 1.807) is 26.0 Å². The second-order valence-corrected chi connectivity index (χ2v) is 10.4. The van der Waals surface area contributed by atoms with E-state index in [1.165, 1.54) is 19.1 Å². The molecule has 0 aromatic heterocycles. The summed E-state index contributed by atoms with van der Waals surface area (Å²) in [5.74, 6) is -1.58. The average molecular weight is 438 g/mol. The van der Waals surface area contributed by atoms with Crippen molar-refractivity contribution in [2.75, 3.05) is 12.9 Å². The van der Waals surface area contributed by atoms with E-state index in [0.29, 0.717) is 18.6 Å². The normalized spacial score (nSPS) is 29.4. The van der Waals surface area contributed by atoms with Crippen molar-refractivity contribution in [3.63, 3.8) is 0 Å². The number of nitrogens with two attached hydrogens (primary N) is 1. The van der Waals surface area contributed by atoms with E-state index < -0.39 is 44.9 Å². The molecule has 0 radical (unpaired) electrons. The van der Waals surface area contributed by atoms with Crippen LogP contribution in [0.1, 0.15) is 38.7 Å². The Bertz CT molecular complexity index is 984. The maximum Gasteiger partial charge on any atom is 0.246 e. The Morgan fingerprint density at radius 2 is 1.77 bits per heavy atom. The standard InChI is InChI=1S/C20H27N3O6S/c1-11(21)17(25)23-20(18(26)22-12(2)16(24)19(3)10-29-19)9-15(20)13-5-7-14(8-6-13)30(4,27)28/h5-8,11-12,15H,9-10,21H2,1-4H3,(H,22,26)(H,23,25)/t11-,12-,15?,19+,20?/m0/s1. The molecule has 1 aromatic carbocycles. The summed E-state index contributed by atoms with van der Waals surface area (Å²) in [6.45, 7) is 5.06. The van der Waals surface area contributed by atoms with E-state index in [-0.39, 0.29) is 16.6 Å². The number of epoxide rings is 1. The van der Waals surface area contributed by atoms with Crippen molar-refractivity contribution in [2.24, 2.45) is 5.73 Å². The number of ketones is 1. The van der Waals surface area contributed by atoms with E-state index >= 15 is 0 Å². The van der Waals surface area contributed by atoms with Crippen molar-refractivity contribution in [3.8, 4) is 0 Å². The van der Waals surface area contributed by atoms with Gasteiger partial charge < -0.3 is 21.1 Å². The molecule has 2 fully saturated rings. The van der Waals surface area contributed by atoms with Gasteiger partial charge >= 0.3 is 0 Å². The van der Waals surface area contributed by atoms with Gasteiger partial charge in [-0.1, -0.05) is 12.1 Å². The van der Waals surface area contributed by atoms with Gasteiger partial charge in [0.2, 0.25) is 11.8 Å². The maximum atomic E-state index is 13.1. The summed E-state index contributed by atoms with van der Waals surface area (Å²) in [7, 11) is -3.35. The van der Waals surface area contributed by atoms with Crippen molar-refractivity contribution in [3.05, 3.63) is 29.8 Å². The number of benzene rings is 1. The van der Waals surface area contributed by atoms with Crippen LogP contribution in [0.5, 0.6) is 0 Å². The zero-order chi connectivity index (χ0) is 22.5. The first-order chi connectivity index (χ1) is 13.8. The zero-order valence-corrected chi connectivity index (χ0v) is 18.2. The predicted octanol–water partition coefficient (Wildman–Crippen LogP) is -0.358. The second kappa shape index (κ2) is 7.44. The first kappa shape index (κ1) is 22.4. The lowest BCUT2D eigenvalue weighted by Gasteiger charge is -2.23. The van der Waals surface area contributed by atoms with Crippen molar-refractivity contribution in [2.45, 2.75) is 61.2 Å². The first-order valence-corrected chi connectivity index (χ1v) is 11.6. The number of carbonyl (C=O) groups is 3. The van der Waals surface area contributed by atoms with Gasteiger partial charge in [0, 0.05) is 12.2 Å². The average Bonchev–Trinajstić information content (AvgIpc) is 3.57. The topological polar surface area (TPSA) is 148 Å². The summed E-state index contributed by atoms with van der Waals surface area (Å²) in [4.78, 5) is 38.0. The minimum atomic E-state index is -3.35. The van der Waals surface area contributed by atoms with Crippen LogP contribution in [0.4, 0.5) is 0 Å². The predicted molar refractivity (Wildman–Crippen MR) is 108 cm³/mol. The molecule has 4 N–H and O–H groups in total. The molecule has 5 atom stereocenters. The molecule has 2 aliphatic rings. The minimum absolute atomic E-state index is 0.165. The van der Waals surface area contributed by atoms with Crippen LogP contribution in [0.15, 0.2) is 29.2 Å². The number of nitrogens with one attached hydrogen (secondary N) is 2. The van der Waals surface area contributed by atoms with Gasteiger partial charge in [0.15, 0.2) is 15.6 Å². The molecular formula is C20H27N3O6S. The number of Topliss-reactive ketones (excluding diaryl/α,β-unsaturated/α-hetero) is 1. The zero-order valence-electron chi connectivity index (χ0n) is 17.4. The largest absolute Gasteiger partial charge is 0.361 e. The molecular weight excluding hydrogens is 410 g/mol. The quantitative estimate of drug-likeness (QED) is 0.471. The smallest absolute Gasteiger partial charge is 0.246 e. The fourth-order valence-corrected chi connectivity index (χ4v) is 4.12. The van der Waals surface area contributed by atoms with Crippen molar-refractivity contribution >= 4 is 27.4 Å². The first-order valence-electron chi connectivity index (χ1n) is 9.67. The molecule has 164 valence electrons. The lowest BCUT2D eigenvalue weighted by atomic mass is 10.0. The lowest BCUT2D eigenvalue weighted by molar-refractivity contribution is -0.133. The number of rotatable bonds is 8. The molecule has 1 aromatic rings. The van der Waals surface area contributed by atoms with E-state index in [0.717, 1.165) is 6.26 Å². The summed E-state index contributed by atoms with van der Waals surface area (Å²) in [6.07, 6.45) is 1.42. The molecule has 9 nitrogen and oxygen atoms in total. The van der Waals surface area contributed by atoms with Crippen LogP contribution in [-0.4, -0.2) is 62.1 Å². The molecule has 0 bridgehead atoms. The Kier molecular flexibility index (Phi) is 5.55. The van der Waals surface area contributed by atoms with Crippen molar-refractivity contribution in [1.82, 2.24) is 10.6 Å². The molecule has 30 heavy (non-hydrogen) atoms. The molecule has 1 saturated heterocycles. The molecule has 0 spiro atoms. The molecule has 3 rings (SSSR count). The Hall–Kier alpha value is -2.30. The van der Waals surface area contributed by atoms with E-state index in [1.807, 2.05) is 0 Å². The SMILES string of the molecule is C[C@H](N)C(=O)NC1(C(=O)N[C@@H](C)C(=O)[C@@]2(C)CO2)CC1c1ccc(S(C)(=O)=O)cc1. The van der Waals surface area contributed by atoms with Crippen LogP contribution in [0.3, 0.4) is 0 Å². The van der Waals surface area contributed by atoms with Crippen LogP contribution >= 0.6 is 0 Å². The third kappa shape index (κ3) is 4.26. The Morgan fingerprint density at radius 3 is 2.23 bits per heavy atom. The highest BCUT2D eigenvalue weighted by Crippen LogP contribution is 2.52. The molecule has 1 aliphatic carbocycles. The van der Waals surface area contributed by atoms with Crippen molar-refractivity contribution in [1.29, 1.82) is 0 Å². The van der Waals surface area contributed by atoms with Crippen LogP contribution in [0.2, 0.25) is 0 Å². The van der Waals surface area contributed by atoms with Gasteiger partial charge in [-0.25, -0.2) is 8.42 Å². The van der Waals surface area contributed by atoms with E-state index in [9.17, 15) is 22.8 Å². The molecule has 1 heterocycles. The third-order valence-electron chi connectivity index (χ3n) is 5.68. The monoisotopic (exact) mass is 437 g/mol. The maximum absolute atomic E-state index is 13.1. The van der Waals surface area contributed by atoms with Crippen molar-refractivity contribution < 1.29 is 27.5 Å². The van der Waals surface area contributed by atoms with Crippen LogP contribution in [-0.2, 0) is 29.0 Å². The lowest BCUT2D eigenvalue weighted by Crippen LogP contribution is -2.57. The van der Waals surface area contributed by atoms with Gasteiger partial charge in [0.25, 0.3) is 0 Å². The molecule has 2 unspecified atom stereocenters. The van der Waals surface area contributed by atoms with Gasteiger partial charge in [-0.3, -0.25) is 14.4 Å². The van der Waals surface area contributed by atoms with Crippen LogP contribution < -0.4 is 16.4 Å². The Labute approximate surface area is 175 Å². The highest BCUT2D eigenvalue weighted by molar-refractivity contribution is 7.90. The Balaban J connectivity index is 1.81. The number of hydrogen-bond acceptors (Lipinski definition) is 7. The fourth-order valence-electron chi connectivity index (χ4n) is 3.49. The van der Waals surface area contributed by atoms with Gasteiger partial charge in [0.05, 0.1) is 23.6 Å². The fraction of sp³-hybridized carbons (Fsp3) is 0.550. The summed E-state index contributed by atoms with van der Waals surface area (Å²) < 4.78 is 28.5. The van der Waals surface area contributed by atoms with E-state index in [2.05, 4.69) is 10.6 Å². The number of sulfone groups is 1. The molecule has 2 amide bonds. The number of carbonyl (C=O) groups excluding carboxylic acids is 3. The number of amides is 2. The van der Waals surface area contributed by atoms with Gasteiger partial charge in [-0.05, 0) is 44.9 Å². The minimum Gasteiger partial charge on any atom is -0.361 e. The summed E-state index contributed by atoms with van der Waals surface area (Å²) in [5.41, 5.74) is 4.24. The summed E-state index contributed by atoms with van der Waals surface area (Å²) in [6, 6.07) is 4.58. The van der Waals surface area contributed by atoms with Crippen LogP contribution in [0.25, 0.3) is 0 Å². The number of ether oxygens (including phenoxy) is 1.